The van der Waals surface area contributed by atoms with E-state index in [-0.39, 0.29) is 11.9 Å². The molecule has 0 bridgehead atoms. The standard InChI is InChI=1S/C19H29N7O4/c1-12(22-16(27)29-18(2,3)4)13-23-15(25(8)17(28)30-19(5,6)7)24-26(13)14-20-10-9-11-21-14/h9-12H,1-8H3,(H,22,27). The van der Waals surface area contributed by atoms with E-state index in [9.17, 15) is 9.59 Å². The normalized spacial score (nSPS) is 12.8. The lowest BCUT2D eigenvalue weighted by atomic mass is 10.2. The third-order valence-electron chi connectivity index (χ3n) is 3.45. The number of carbonyl (C=O) groups is 2. The number of alkyl carbamates (subject to hydrolysis) is 1. The summed E-state index contributed by atoms with van der Waals surface area (Å²) >= 11 is 0. The molecule has 30 heavy (non-hydrogen) atoms. The SMILES string of the molecule is CC(NC(=O)OC(C)(C)C)c1nc(N(C)C(=O)OC(C)(C)C)nn1-c1ncccn1. The van der Waals surface area contributed by atoms with Crippen molar-refractivity contribution in [3.05, 3.63) is 24.3 Å². The van der Waals surface area contributed by atoms with E-state index in [0.29, 0.717) is 5.82 Å². The summed E-state index contributed by atoms with van der Waals surface area (Å²) in [6.07, 6.45) is 1.88. The number of ether oxygens (including phenoxy) is 2. The number of carbonyl (C=O) groups excluding carboxylic acids is 2. The minimum Gasteiger partial charge on any atom is -0.444 e. The van der Waals surface area contributed by atoms with Gasteiger partial charge < -0.3 is 14.8 Å². The van der Waals surface area contributed by atoms with Gasteiger partial charge >= 0.3 is 12.2 Å². The quantitative estimate of drug-likeness (QED) is 0.802. The summed E-state index contributed by atoms with van der Waals surface area (Å²) in [6, 6.07) is 1.05. The van der Waals surface area contributed by atoms with Crippen LogP contribution in [-0.4, -0.2) is 55.2 Å². The number of rotatable bonds is 4. The second-order valence-corrected chi connectivity index (χ2v) is 8.64. The van der Waals surface area contributed by atoms with Gasteiger partial charge in [0.25, 0.3) is 11.9 Å². The smallest absolute Gasteiger partial charge is 0.416 e. The first-order valence-electron chi connectivity index (χ1n) is 9.47. The van der Waals surface area contributed by atoms with Crippen molar-refractivity contribution in [2.45, 2.75) is 65.7 Å². The Kier molecular flexibility index (Phi) is 6.63. The van der Waals surface area contributed by atoms with E-state index in [0.717, 1.165) is 0 Å². The molecular formula is C19H29N7O4. The van der Waals surface area contributed by atoms with Gasteiger partial charge in [-0.1, -0.05) is 0 Å². The molecule has 0 aromatic carbocycles. The molecule has 2 aromatic heterocycles. The van der Waals surface area contributed by atoms with Crippen molar-refractivity contribution < 1.29 is 19.1 Å². The average Bonchev–Trinajstić information content (AvgIpc) is 3.04. The monoisotopic (exact) mass is 419 g/mol. The predicted octanol–water partition coefficient (Wildman–Crippen LogP) is 3.01. The van der Waals surface area contributed by atoms with Crippen LogP contribution in [0.15, 0.2) is 18.5 Å². The van der Waals surface area contributed by atoms with Gasteiger partial charge in [0, 0.05) is 19.4 Å². The van der Waals surface area contributed by atoms with Crippen LogP contribution >= 0.6 is 0 Å². The van der Waals surface area contributed by atoms with Gasteiger partial charge in [-0.25, -0.2) is 24.5 Å². The van der Waals surface area contributed by atoms with Gasteiger partial charge in [0.05, 0.1) is 6.04 Å². The lowest BCUT2D eigenvalue weighted by Crippen LogP contribution is -2.35. The Labute approximate surface area is 175 Å². The van der Waals surface area contributed by atoms with Crippen LogP contribution in [0.3, 0.4) is 0 Å². The van der Waals surface area contributed by atoms with E-state index < -0.39 is 29.4 Å². The predicted molar refractivity (Wildman–Crippen MR) is 109 cm³/mol. The Bertz CT molecular complexity index is 885. The molecule has 0 saturated carbocycles. The van der Waals surface area contributed by atoms with Crippen LogP contribution in [0.5, 0.6) is 0 Å². The number of nitrogens with one attached hydrogen (secondary N) is 1. The van der Waals surface area contributed by atoms with E-state index >= 15 is 0 Å². The molecule has 2 aromatic rings. The fraction of sp³-hybridized carbons (Fsp3) is 0.579. The summed E-state index contributed by atoms with van der Waals surface area (Å²) < 4.78 is 12.0. The van der Waals surface area contributed by atoms with Gasteiger partial charge in [0.15, 0.2) is 5.82 Å². The van der Waals surface area contributed by atoms with Crippen LogP contribution in [-0.2, 0) is 9.47 Å². The first-order valence-corrected chi connectivity index (χ1v) is 9.47. The summed E-state index contributed by atoms with van der Waals surface area (Å²) in [5.74, 6) is 0.628. The Hall–Kier alpha value is -3.24. The maximum Gasteiger partial charge on any atom is 0.416 e. The van der Waals surface area contributed by atoms with Crippen molar-refractivity contribution in [2.75, 3.05) is 11.9 Å². The second kappa shape index (κ2) is 8.64. The van der Waals surface area contributed by atoms with E-state index in [4.69, 9.17) is 9.47 Å². The number of anilines is 1. The van der Waals surface area contributed by atoms with Gasteiger partial charge in [0.2, 0.25) is 0 Å². The number of amides is 2. The van der Waals surface area contributed by atoms with Crippen LogP contribution in [0.4, 0.5) is 15.5 Å². The Morgan fingerprint density at radius 1 is 1.07 bits per heavy atom. The first-order chi connectivity index (χ1) is 13.8. The van der Waals surface area contributed by atoms with E-state index in [1.54, 1.807) is 66.9 Å². The molecule has 0 aliphatic rings. The van der Waals surface area contributed by atoms with Gasteiger partial charge in [0.1, 0.15) is 11.2 Å². The summed E-state index contributed by atoms with van der Waals surface area (Å²) in [5.41, 5.74) is -1.33. The number of nitrogens with zero attached hydrogens (tertiary/aromatic N) is 6. The van der Waals surface area contributed by atoms with Gasteiger partial charge in [-0.05, 0) is 54.5 Å². The minimum atomic E-state index is -0.676. The number of hydrogen-bond acceptors (Lipinski definition) is 8. The average molecular weight is 419 g/mol. The topological polar surface area (TPSA) is 124 Å². The van der Waals surface area contributed by atoms with Crippen LogP contribution in [0, 0.1) is 0 Å². The first kappa shape index (κ1) is 23.0. The highest BCUT2D eigenvalue weighted by atomic mass is 16.6. The maximum atomic E-state index is 12.4. The zero-order valence-corrected chi connectivity index (χ0v) is 18.6. The van der Waals surface area contributed by atoms with Crippen molar-refractivity contribution in [1.82, 2.24) is 30.0 Å². The fourth-order valence-corrected chi connectivity index (χ4v) is 2.24. The molecule has 2 heterocycles. The molecule has 0 aliphatic heterocycles. The van der Waals surface area contributed by atoms with Gasteiger partial charge in [-0.15, -0.1) is 5.10 Å². The summed E-state index contributed by atoms with van der Waals surface area (Å²) in [5, 5.41) is 7.06. The lowest BCUT2D eigenvalue weighted by molar-refractivity contribution is 0.0503. The molecule has 11 nitrogen and oxygen atoms in total. The molecule has 1 N–H and O–H groups in total. The fourth-order valence-electron chi connectivity index (χ4n) is 2.24. The third kappa shape index (κ3) is 6.39. The number of aromatic nitrogens is 5. The lowest BCUT2D eigenvalue weighted by Gasteiger charge is -2.22. The van der Waals surface area contributed by atoms with Crippen molar-refractivity contribution in [1.29, 1.82) is 0 Å². The minimum absolute atomic E-state index is 0.0736. The Morgan fingerprint density at radius 2 is 1.63 bits per heavy atom. The van der Waals surface area contributed by atoms with E-state index in [1.807, 2.05) is 0 Å². The maximum absolute atomic E-state index is 12.4. The molecule has 2 rings (SSSR count). The summed E-state index contributed by atoms with van der Waals surface area (Å²) in [6.45, 7) is 12.3. The summed E-state index contributed by atoms with van der Waals surface area (Å²) in [7, 11) is 1.50. The van der Waals surface area contributed by atoms with E-state index in [2.05, 4.69) is 25.4 Å². The largest absolute Gasteiger partial charge is 0.444 e. The second-order valence-electron chi connectivity index (χ2n) is 8.64. The van der Waals surface area contributed by atoms with Crippen molar-refractivity contribution in [3.63, 3.8) is 0 Å². The van der Waals surface area contributed by atoms with Crippen LogP contribution < -0.4 is 10.2 Å². The molecule has 11 heteroatoms. The zero-order valence-electron chi connectivity index (χ0n) is 18.6. The van der Waals surface area contributed by atoms with E-state index in [1.165, 1.54) is 16.6 Å². The third-order valence-corrected chi connectivity index (χ3v) is 3.45. The highest BCUT2D eigenvalue weighted by Crippen LogP contribution is 2.20. The molecule has 2 amide bonds. The zero-order chi connectivity index (χ0) is 22.7. The highest BCUT2D eigenvalue weighted by Gasteiger charge is 2.28. The molecule has 0 fully saturated rings. The molecule has 0 radical (unpaired) electrons. The molecule has 164 valence electrons. The van der Waals surface area contributed by atoms with Crippen molar-refractivity contribution in [3.8, 4) is 5.95 Å². The molecule has 0 saturated heterocycles. The number of hydrogen-bond donors (Lipinski definition) is 1. The van der Waals surface area contributed by atoms with Crippen molar-refractivity contribution in [2.24, 2.45) is 0 Å². The molecule has 1 unspecified atom stereocenters. The Morgan fingerprint density at radius 3 is 2.17 bits per heavy atom. The summed E-state index contributed by atoms with van der Waals surface area (Å²) in [4.78, 5) is 38.5. The van der Waals surface area contributed by atoms with Crippen molar-refractivity contribution >= 4 is 18.1 Å². The molecule has 1 atom stereocenters. The molecule has 0 spiro atoms. The van der Waals surface area contributed by atoms with Gasteiger partial charge in [-0.3, -0.25) is 0 Å². The highest BCUT2D eigenvalue weighted by molar-refractivity contribution is 5.84. The van der Waals surface area contributed by atoms with Crippen LogP contribution in [0.1, 0.15) is 60.3 Å². The van der Waals surface area contributed by atoms with Crippen LogP contribution in [0.25, 0.3) is 5.95 Å². The van der Waals surface area contributed by atoms with Crippen LogP contribution in [0.2, 0.25) is 0 Å². The van der Waals surface area contributed by atoms with Gasteiger partial charge in [-0.2, -0.15) is 9.67 Å². The molecule has 0 aliphatic carbocycles. The molecular weight excluding hydrogens is 390 g/mol. The Balaban J connectivity index is 2.36.